The van der Waals surface area contributed by atoms with Gasteiger partial charge in [-0.1, -0.05) is 12.1 Å². The zero-order chi connectivity index (χ0) is 15.6. The first-order valence-corrected chi connectivity index (χ1v) is 7.89. The van der Waals surface area contributed by atoms with Gasteiger partial charge >= 0.3 is 0 Å². The Morgan fingerprint density at radius 1 is 1.33 bits per heavy atom. The molecule has 1 aromatic heterocycles. The number of aryl methyl sites for hydroxylation is 1. The van der Waals surface area contributed by atoms with Gasteiger partial charge < -0.3 is 10.2 Å². The molecule has 0 saturated carbocycles. The summed E-state index contributed by atoms with van der Waals surface area (Å²) in [7, 11) is -3.73. The van der Waals surface area contributed by atoms with Crippen LogP contribution in [-0.4, -0.2) is 8.42 Å². The molecular weight excluding hydrogens is 295 g/mol. The van der Waals surface area contributed by atoms with Crippen molar-refractivity contribution < 1.29 is 17.2 Å². The largest absolute Gasteiger partial charge is 0.464 e. The number of hydrogen-bond donors (Lipinski definition) is 2. The van der Waals surface area contributed by atoms with E-state index < -0.39 is 16.1 Å². The summed E-state index contributed by atoms with van der Waals surface area (Å²) in [5.41, 5.74) is 6.10. The van der Waals surface area contributed by atoms with Crippen molar-refractivity contribution in [2.24, 2.45) is 5.73 Å². The first-order valence-electron chi connectivity index (χ1n) is 6.40. The van der Waals surface area contributed by atoms with Gasteiger partial charge in [-0.3, -0.25) is 0 Å². The van der Waals surface area contributed by atoms with Gasteiger partial charge in [0.1, 0.15) is 22.2 Å². The first kappa shape index (κ1) is 15.7. The van der Waals surface area contributed by atoms with Crippen LogP contribution in [0.2, 0.25) is 0 Å². The van der Waals surface area contributed by atoms with Gasteiger partial charge in [0, 0.05) is 12.1 Å². The molecule has 114 valence electrons. The normalized spacial score (nSPS) is 13.3. The lowest BCUT2D eigenvalue weighted by molar-refractivity contribution is 0.478. The van der Waals surface area contributed by atoms with Crippen LogP contribution in [0.3, 0.4) is 0 Å². The van der Waals surface area contributed by atoms with Crippen molar-refractivity contribution in [3.63, 3.8) is 0 Å². The summed E-state index contributed by atoms with van der Waals surface area (Å²) in [6, 6.07) is 6.57. The van der Waals surface area contributed by atoms with Crippen molar-refractivity contribution in [2.75, 3.05) is 0 Å². The van der Waals surface area contributed by atoms with Crippen LogP contribution in [0, 0.1) is 12.7 Å². The number of sulfonamides is 1. The summed E-state index contributed by atoms with van der Waals surface area (Å²) in [6.07, 6.45) is 0. The van der Waals surface area contributed by atoms with Crippen molar-refractivity contribution in [2.45, 2.75) is 31.3 Å². The van der Waals surface area contributed by atoms with Gasteiger partial charge in [0.2, 0.25) is 10.0 Å². The highest BCUT2D eigenvalue weighted by molar-refractivity contribution is 7.89. The molecule has 1 aromatic carbocycles. The van der Waals surface area contributed by atoms with Gasteiger partial charge in [0.15, 0.2) is 0 Å². The maximum absolute atomic E-state index is 12.9. The summed E-state index contributed by atoms with van der Waals surface area (Å²) < 4.78 is 45.4. The average molecular weight is 312 g/mol. The van der Waals surface area contributed by atoms with E-state index in [9.17, 15) is 12.8 Å². The minimum atomic E-state index is -3.73. The number of rotatable bonds is 5. The molecule has 0 aliphatic heterocycles. The summed E-state index contributed by atoms with van der Waals surface area (Å²) in [5, 5.41) is 0. The monoisotopic (exact) mass is 312 g/mol. The third-order valence-corrected chi connectivity index (χ3v) is 4.76. The maximum atomic E-state index is 12.9. The van der Waals surface area contributed by atoms with E-state index in [-0.39, 0.29) is 23.0 Å². The van der Waals surface area contributed by atoms with Crippen LogP contribution in [0.15, 0.2) is 39.6 Å². The lowest BCUT2D eigenvalue weighted by Gasteiger charge is -2.14. The summed E-state index contributed by atoms with van der Waals surface area (Å²) in [4.78, 5) is 0.0666. The Hall–Kier alpha value is -1.70. The molecule has 1 unspecified atom stereocenters. The van der Waals surface area contributed by atoms with Gasteiger partial charge in [-0.15, -0.1) is 0 Å². The first-order chi connectivity index (χ1) is 9.83. The van der Waals surface area contributed by atoms with Crippen molar-refractivity contribution in [1.82, 2.24) is 4.72 Å². The average Bonchev–Trinajstić information content (AvgIpc) is 2.81. The highest BCUT2D eigenvalue weighted by atomic mass is 32.2. The molecule has 1 atom stereocenters. The summed E-state index contributed by atoms with van der Waals surface area (Å²) in [5.74, 6) is 0.323. The second kappa shape index (κ2) is 5.97. The number of benzene rings is 1. The highest BCUT2D eigenvalue weighted by Crippen LogP contribution is 2.22. The lowest BCUT2D eigenvalue weighted by atomic mass is 10.1. The zero-order valence-corrected chi connectivity index (χ0v) is 12.6. The Labute approximate surface area is 123 Å². The SMILES string of the molecule is Cc1oc(CN)cc1S(=O)(=O)NC(C)c1ccc(F)cc1. The molecular formula is C14H17FN2O3S. The number of nitrogens with two attached hydrogens (primary N) is 1. The Morgan fingerprint density at radius 2 is 1.95 bits per heavy atom. The molecule has 0 aliphatic rings. The number of hydrogen-bond acceptors (Lipinski definition) is 4. The maximum Gasteiger partial charge on any atom is 0.244 e. The summed E-state index contributed by atoms with van der Waals surface area (Å²) >= 11 is 0. The van der Waals surface area contributed by atoms with E-state index in [4.69, 9.17) is 10.2 Å². The van der Waals surface area contributed by atoms with Gasteiger partial charge in [-0.05, 0) is 31.5 Å². The zero-order valence-electron chi connectivity index (χ0n) is 11.8. The highest BCUT2D eigenvalue weighted by Gasteiger charge is 2.23. The molecule has 0 radical (unpaired) electrons. The van der Waals surface area contributed by atoms with Gasteiger partial charge in [-0.25, -0.2) is 17.5 Å². The number of furan rings is 1. The van der Waals surface area contributed by atoms with Crippen molar-refractivity contribution >= 4 is 10.0 Å². The van der Waals surface area contributed by atoms with Crippen LogP contribution in [0.5, 0.6) is 0 Å². The van der Waals surface area contributed by atoms with Crippen molar-refractivity contribution in [3.05, 3.63) is 53.2 Å². The molecule has 0 saturated heterocycles. The quantitative estimate of drug-likeness (QED) is 0.886. The second-order valence-electron chi connectivity index (χ2n) is 4.73. The predicted molar refractivity (Wildman–Crippen MR) is 76.5 cm³/mol. The van der Waals surface area contributed by atoms with Gasteiger partial charge in [0.05, 0.1) is 6.54 Å². The van der Waals surface area contributed by atoms with E-state index >= 15 is 0 Å². The molecule has 0 fully saturated rings. The van der Waals surface area contributed by atoms with E-state index in [0.29, 0.717) is 11.3 Å². The number of nitrogens with one attached hydrogen (secondary N) is 1. The Balaban J connectivity index is 2.24. The Kier molecular flexibility index (Phi) is 4.46. The van der Waals surface area contributed by atoms with Crippen LogP contribution in [0.4, 0.5) is 4.39 Å². The van der Waals surface area contributed by atoms with Gasteiger partial charge in [0.25, 0.3) is 0 Å². The van der Waals surface area contributed by atoms with E-state index in [2.05, 4.69) is 4.72 Å². The molecule has 3 N–H and O–H groups in total. The molecule has 0 bridgehead atoms. The van der Waals surface area contributed by atoms with Crippen LogP contribution >= 0.6 is 0 Å². The van der Waals surface area contributed by atoms with E-state index in [1.54, 1.807) is 13.8 Å². The Bertz CT molecular complexity index is 723. The molecule has 5 nitrogen and oxygen atoms in total. The topological polar surface area (TPSA) is 85.3 Å². The smallest absolute Gasteiger partial charge is 0.244 e. The fourth-order valence-electron chi connectivity index (χ4n) is 2.01. The van der Waals surface area contributed by atoms with Crippen LogP contribution < -0.4 is 10.5 Å². The van der Waals surface area contributed by atoms with Crippen LogP contribution in [0.25, 0.3) is 0 Å². The van der Waals surface area contributed by atoms with Crippen molar-refractivity contribution in [3.8, 4) is 0 Å². The van der Waals surface area contributed by atoms with Crippen LogP contribution in [0.1, 0.15) is 30.0 Å². The molecule has 2 rings (SSSR count). The van der Waals surface area contributed by atoms with E-state index in [1.165, 1.54) is 30.3 Å². The fraction of sp³-hybridized carbons (Fsp3) is 0.286. The number of halogens is 1. The molecule has 0 aliphatic carbocycles. The second-order valence-corrected chi connectivity index (χ2v) is 6.41. The van der Waals surface area contributed by atoms with E-state index in [0.717, 1.165) is 0 Å². The molecule has 1 heterocycles. The van der Waals surface area contributed by atoms with E-state index in [1.807, 2.05) is 0 Å². The van der Waals surface area contributed by atoms with Gasteiger partial charge in [-0.2, -0.15) is 0 Å². The minimum absolute atomic E-state index is 0.0666. The predicted octanol–water partition coefficient (Wildman–Crippen LogP) is 2.23. The third kappa shape index (κ3) is 3.49. The van der Waals surface area contributed by atoms with Crippen LogP contribution in [-0.2, 0) is 16.6 Å². The molecule has 21 heavy (non-hydrogen) atoms. The molecule has 2 aromatic rings. The molecule has 0 spiro atoms. The minimum Gasteiger partial charge on any atom is -0.464 e. The molecule has 7 heteroatoms. The standard InChI is InChI=1S/C14H17FN2O3S/c1-9(11-3-5-12(15)6-4-11)17-21(18,19)14-7-13(8-16)20-10(14)2/h3-7,9,17H,8,16H2,1-2H3. The molecule has 0 amide bonds. The lowest BCUT2D eigenvalue weighted by Crippen LogP contribution is -2.27. The third-order valence-electron chi connectivity index (χ3n) is 3.12. The van der Waals surface area contributed by atoms with Crippen molar-refractivity contribution in [1.29, 1.82) is 0 Å². The Morgan fingerprint density at radius 3 is 2.48 bits per heavy atom. The summed E-state index contributed by atoms with van der Waals surface area (Å²) in [6.45, 7) is 3.38. The fourth-order valence-corrected chi connectivity index (χ4v) is 3.44.